The van der Waals surface area contributed by atoms with Crippen molar-refractivity contribution in [2.45, 2.75) is 6.92 Å². The van der Waals surface area contributed by atoms with Crippen LogP contribution in [0.4, 0.5) is 0 Å². The summed E-state index contributed by atoms with van der Waals surface area (Å²) in [5.74, 6) is 0.751. The first-order chi connectivity index (χ1) is 10.7. The molecule has 0 spiro atoms. The molecule has 0 bridgehead atoms. The van der Waals surface area contributed by atoms with Crippen molar-refractivity contribution in [3.8, 4) is 11.8 Å². The number of hydrogen-bond donors (Lipinski definition) is 1. The Morgan fingerprint density at radius 3 is 2.91 bits per heavy atom. The predicted molar refractivity (Wildman–Crippen MR) is 90.9 cm³/mol. The lowest BCUT2D eigenvalue weighted by molar-refractivity contribution is 0.415. The molecule has 0 aliphatic heterocycles. The average molecular weight is 291 g/mol. The zero-order valence-corrected chi connectivity index (χ0v) is 12.6. The van der Waals surface area contributed by atoms with Gasteiger partial charge in [-0.25, -0.2) is 0 Å². The topological polar surface area (TPSA) is 61.2 Å². The van der Waals surface area contributed by atoms with Gasteiger partial charge in [0.25, 0.3) is 0 Å². The molecule has 1 aromatic heterocycles. The molecule has 1 aromatic carbocycles. The molecular weight excluding hydrogens is 274 g/mol. The second-order valence-electron chi connectivity index (χ2n) is 4.52. The van der Waals surface area contributed by atoms with Gasteiger partial charge in [0.05, 0.1) is 18.8 Å². The highest BCUT2D eigenvalue weighted by atomic mass is 16.5. The highest BCUT2D eigenvalue weighted by Crippen LogP contribution is 2.28. The molecule has 4 heteroatoms. The largest absolute Gasteiger partial charge is 0.497 e. The number of hydrogen-bond acceptors (Lipinski definition) is 3. The van der Waals surface area contributed by atoms with E-state index < -0.39 is 0 Å². The van der Waals surface area contributed by atoms with Crippen LogP contribution in [0.3, 0.4) is 0 Å². The maximum Gasteiger partial charge on any atom is 0.119 e. The molecule has 0 saturated heterocycles. The molecule has 0 unspecified atom stereocenters. The number of nitrogens with zero attached hydrogens (tertiary/aromatic N) is 2. The van der Waals surface area contributed by atoms with E-state index in [-0.39, 0.29) is 0 Å². The van der Waals surface area contributed by atoms with Crippen LogP contribution in [0.25, 0.3) is 16.5 Å². The Kier molecular flexibility index (Phi) is 4.94. The van der Waals surface area contributed by atoms with E-state index in [0.717, 1.165) is 27.8 Å². The van der Waals surface area contributed by atoms with Crippen LogP contribution in [0, 0.1) is 11.3 Å². The van der Waals surface area contributed by atoms with Crippen LogP contribution in [0.2, 0.25) is 0 Å². The van der Waals surface area contributed by atoms with Crippen LogP contribution in [0.5, 0.6) is 5.75 Å². The number of methoxy groups -OCH3 is 1. The number of aromatic nitrogens is 1. The van der Waals surface area contributed by atoms with Crippen molar-refractivity contribution in [3.63, 3.8) is 0 Å². The second kappa shape index (κ2) is 7.09. The van der Waals surface area contributed by atoms with Gasteiger partial charge in [-0.05, 0) is 36.8 Å². The lowest BCUT2D eigenvalue weighted by Gasteiger charge is -2.01. The van der Waals surface area contributed by atoms with E-state index in [1.807, 2.05) is 31.3 Å². The molecule has 2 rings (SSSR count). The number of allylic oxidation sites excluding steroid dienone is 4. The molecule has 22 heavy (non-hydrogen) atoms. The summed E-state index contributed by atoms with van der Waals surface area (Å²) in [4.78, 5) is 7.23. The molecule has 110 valence electrons. The van der Waals surface area contributed by atoms with Gasteiger partial charge in [-0.3, -0.25) is 4.99 Å². The number of aliphatic imine (C=N–C) groups is 1. The summed E-state index contributed by atoms with van der Waals surface area (Å²) in [6, 6.07) is 7.95. The third kappa shape index (κ3) is 3.15. The highest BCUT2D eigenvalue weighted by Gasteiger charge is 2.09. The molecule has 0 saturated carbocycles. The number of H-pyrrole nitrogens is 1. The Balaban J connectivity index is 2.56. The fourth-order valence-corrected chi connectivity index (χ4v) is 2.10. The summed E-state index contributed by atoms with van der Waals surface area (Å²) in [6.45, 7) is 5.58. The summed E-state index contributed by atoms with van der Waals surface area (Å²) >= 11 is 0. The van der Waals surface area contributed by atoms with Crippen molar-refractivity contribution in [2.75, 3.05) is 7.11 Å². The zero-order chi connectivity index (χ0) is 15.9. The normalized spacial score (nSPS) is 12.6. The van der Waals surface area contributed by atoms with E-state index in [1.54, 1.807) is 31.7 Å². The first-order valence-electron chi connectivity index (χ1n) is 6.81. The lowest BCUT2D eigenvalue weighted by atomic mass is 10.0. The van der Waals surface area contributed by atoms with Gasteiger partial charge in [0.1, 0.15) is 5.75 Å². The molecule has 1 N–H and O–H groups in total. The van der Waals surface area contributed by atoms with Crippen molar-refractivity contribution >= 4 is 22.7 Å². The van der Waals surface area contributed by atoms with Gasteiger partial charge in [0.2, 0.25) is 0 Å². The second-order valence-corrected chi connectivity index (χ2v) is 4.52. The fourth-order valence-electron chi connectivity index (χ4n) is 2.10. The van der Waals surface area contributed by atoms with E-state index in [9.17, 15) is 5.26 Å². The minimum absolute atomic E-state index is 0.539. The van der Waals surface area contributed by atoms with Crippen molar-refractivity contribution in [1.82, 2.24) is 4.98 Å². The number of benzene rings is 1. The molecule has 0 aliphatic rings. The summed E-state index contributed by atoms with van der Waals surface area (Å²) in [5, 5.41) is 10.4. The number of aromatic amines is 1. The van der Waals surface area contributed by atoms with Crippen LogP contribution >= 0.6 is 0 Å². The van der Waals surface area contributed by atoms with Crippen LogP contribution < -0.4 is 4.74 Å². The van der Waals surface area contributed by atoms with E-state index in [1.165, 1.54) is 0 Å². The fraction of sp³-hybridized carbons (Fsp3) is 0.111. The standard InChI is InChI=1S/C18H17N3O/c1-4-13(11-20-5-2)8-14(10-19)17-12-21-18-7-6-15(22-3)9-16(17)18/h4-9,11-12,21H,1H2,2-3H3/b13-11+,14-8+,20-5-. The third-order valence-corrected chi connectivity index (χ3v) is 3.22. The van der Waals surface area contributed by atoms with Gasteiger partial charge in [-0.15, -0.1) is 0 Å². The number of nitriles is 1. The summed E-state index contributed by atoms with van der Waals surface area (Å²) < 4.78 is 5.25. The lowest BCUT2D eigenvalue weighted by Crippen LogP contribution is -1.84. The average Bonchev–Trinajstić information content (AvgIpc) is 2.98. The number of rotatable bonds is 5. The van der Waals surface area contributed by atoms with Crippen LogP contribution in [-0.4, -0.2) is 18.3 Å². The first-order valence-corrected chi connectivity index (χ1v) is 6.81. The van der Waals surface area contributed by atoms with Gasteiger partial charge < -0.3 is 9.72 Å². The quantitative estimate of drug-likeness (QED) is 0.508. The number of ether oxygens (including phenoxy) is 1. The summed E-state index contributed by atoms with van der Waals surface area (Å²) in [5.41, 5.74) is 3.08. The monoisotopic (exact) mass is 291 g/mol. The van der Waals surface area contributed by atoms with Crippen molar-refractivity contribution in [3.05, 3.63) is 60.5 Å². The molecule has 2 aromatic rings. The van der Waals surface area contributed by atoms with Gasteiger partial charge in [-0.2, -0.15) is 5.26 Å². The highest BCUT2D eigenvalue weighted by molar-refractivity contribution is 5.97. The molecule has 0 radical (unpaired) electrons. The van der Waals surface area contributed by atoms with Crippen LogP contribution in [0.15, 0.2) is 59.9 Å². The van der Waals surface area contributed by atoms with Gasteiger partial charge >= 0.3 is 0 Å². The summed E-state index contributed by atoms with van der Waals surface area (Å²) in [7, 11) is 1.62. The SMILES string of the molecule is C=CC(/C=C(\C#N)c1c[nH]c2ccc(OC)cc12)=C\N=C/C. The molecule has 0 amide bonds. The Bertz CT molecular complexity index is 816. The molecule has 1 heterocycles. The number of fused-ring (bicyclic) bond motifs is 1. The van der Waals surface area contributed by atoms with E-state index in [4.69, 9.17) is 4.74 Å². The minimum Gasteiger partial charge on any atom is -0.497 e. The van der Waals surface area contributed by atoms with Gasteiger partial charge in [-0.1, -0.05) is 12.7 Å². The molecule has 0 aliphatic carbocycles. The van der Waals surface area contributed by atoms with Crippen LogP contribution in [0.1, 0.15) is 12.5 Å². The van der Waals surface area contributed by atoms with Crippen LogP contribution in [-0.2, 0) is 0 Å². The van der Waals surface area contributed by atoms with Gasteiger partial charge in [0.15, 0.2) is 0 Å². The van der Waals surface area contributed by atoms with Crippen molar-refractivity contribution in [1.29, 1.82) is 5.26 Å². The third-order valence-electron chi connectivity index (χ3n) is 3.22. The molecule has 0 atom stereocenters. The number of nitrogens with one attached hydrogen (secondary N) is 1. The Morgan fingerprint density at radius 1 is 1.45 bits per heavy atom. The maximum atomic E-state index is 9.49. The van der Waals surface area contributed by atoms with Crippen molar-refractivity contribution in [2.24, 2.45) is 4.99 Å². The Labute approximate surface area is 129 Å². The first kappa shape index (κ1) is 15.3. The predicted octanol–water partition coefficient (Wildman–Crippen LogP) is 4.24. The maximum absolute atomic E-state index is 9.49. The minimum atomic E-state index is 0.539. The molecule has 4 nitrogen and oxygen atoms in total. The van der Waals surface area contributed by atoms with E-state index in [0.29, 0.717) is 5.57 Å². The Morgan fingerprint density at radius 2 is 2.27 bits per heavy atom. The zero-order valence-electron chi connectivity index (χ0n) is 12.6. The van der Waals surface area contributed by atoms with E-state index in [2.05, 4.69) is 22.6 Å². The molecule has 0 fully saturated rings. The smallest absolute Gasteiger partial charge is 0.119 e. The van der Waals surface area contributed by atoms with Gasteiger partial charge in [0, 0.05) is 35.1 Å². The van der Waals surface area contributed by atoms with Crippen molar-refractivity contribution < 1.29 is 4.74 Å². The molecular formula is C18H17N3O. The van der Waals surface area contributed by atoms with E-state index >= 15 is 0 Å². The summed E-state index contributed by atoms with van der Waals surface area (Å²) in [6.07, 6.45) is 8.60. The Hall–Kier alpha value is -3.06.